The van der Waals surface area contributed by atoms with Gasteiger partial charge in [-0.1, -0.05) is 24.3 Å². The van der Waals surface area contributed by atoms with Crippen LogP contribution in [0.2, 0.25) is 0 Å². The molecule has 1 saturated carbocycles. The van der Waals surface area contributed by atoms with Gasteiger partial charge in [-0.3, -0.25) is 14.5 Å². The Hall–Kier alpha value is -1.42. The van der Waals surface area contributed by atoms with Crippen molar-refractivity contribution in [1.29, 1.82) is 0 Å². The zero-order valence-corrected chi connectivity index (χ0v) is 10.9. The number of nitrogens with zero attached hydrogens (tertiary/aromatic N) is 1. The molecule has 19 heavy (non-hydrogen) atoms. The van der Waals surface area contributed by atoms with E-state index in [9.17, 15) is 9.59 Å². The molecule has 0 spiro atoms. The second-order valence-electron chi connectivity index (χ2n) is 5.72. The first kappa shape index (κ1) is 12.6. The zero-order chi connectivity index (χ0) is 13.4. The van der Waals surface area contributed by atoms with Crippen molar-refractivity contribution in [1.82, 2.24) is 4.90 Å². The minimum Gasteiger partial charge on any atom is -0.396 e. The number of aliphatic hydroxyl groups excluding tert-OH is 1. The maximum absolute atomic E-state index is 12.4. The predicted octanol–water partition coefficient (Wildman–Crippen LogP) is 1.26. The highest BCUT2D eigenvalue weighted by molar-refractivity contribution is 6.07. The van der Waals surface area contributed by atoms with E-state index in [4.69, 9.17) is 5.11 Å². The van der Waals surface area contributed by atoms with Gasteiger partial charge in [0.2, 0.25) is 11.8 Å². The molecule has 2 amide bonds. The molecule has 0 radical (unpaired) electrons. The molecular weight excluding hydrogens is 242 g/mol. The van der Waals surface area contributed by atoms with Gasteiger partial charge in [0.05, 0.1) is 11.8 Å². The number of hydrogen-bond donors (Lipinski definition) is 1. The monoisotopic (exact) mass is 261 g/mol. The van der Waals surface area contributed by atoms with Gasteiger partial charge in [-0.05, 0) is 31.6 Å². The first-order valence-electron chi connectivity index (χ1n) is 7.05. The lowest BCUT2D eigenvalue weighted by Crippen LogP contribution is -2.43. The highest BCUT2D eigenvalue weighted by Gasteiger charge is 2.48. The summed E-state index contributed by atoms with van der Waals surface area (Å²) in [6, 6.07) is 0.0372. The van der Waals surface area contributed by atoms with Crippen LogP contribution in [0.3, 0.4) is 0 Å². The molecule has 1 aliphatic heterocycles. The lowest BCUT2D eigenvalue weighted by molar-refractivity contribution is -0.143. The number of hydrogen-bond acceptors (Lipinski definition) is 3. The van der Waals surface area contributed by atoms with Gasteiger partial charge in [-0.2, -0.15) is 0 Å². The summed E-state index contributed by atoms with van der Waals surface area (Å²) in [5.41, 5.74) is 0. The number of carbonyl (C=O) groups is 2. The van der Waals surface area contributed by atoms with Crippen molar-refractivity contribution in [3.63, 3.8) is 0 Å². The average molecular weight is 261 g/mol. The van der Waals surface area contributed by atoms with Crippen LogP contribution in [0.25, 0.3) is 0 Å². The van der Waals surface area contributed by atoms with Gasteiger partial charge in [0, 0.05) is 12.6 Å². The molecule has 0 bridgehead atoms. The second kappa shape index (κ2) is 4.93. The Balaban J connectivity index is 1.75. The van der Waals surface area contributed by atoms with Crippen molar-refractivity contribution in [2.45, 2.75) is 31.7 Å². The van der Waals surface area contributed by atoms with Gasteiger partial charge in [-0.25, -0.2) is 0 Å². The quantitative estimate of drug-likeness (QED) is 0.761. The number of amides is 2. The van der Waals surface area contributed by atoms with Crippen LogP contribution in [0.4, 0.5) is 0 Å². The molecule has 0 aromatic rings. The van der Waals surface area contributed by atoms with E-state index in [1.165, 1.54) is 4.90 Å². The fraction of sp³-hybridized carbons (Fsp3) is 0.600. The number of fused-ring (bicyclic) bond motifs is 1. The van der Waals surface area contributed by atoms with Gasteiger partial charge < -0.3 is 5.11 Å². The molecule has 1 saturated heterocycles. The summed E-state index contributed by atoms with van der Waals surface area (Å²) < 4.78 is 0. The van der Waals surface area contributed by atoms with Gasteiger partial charge in [-0.15, -0.1) is 0 Å². The second-order valence-corrected chi connectivity index (χ2v) is 5.72. The number of allylic oxidation sites excluding steroid dienone is 2. The SMILES string of the molecule is O=C1[C@@H]2C=CC=C[C@H]2C(=O)N1C1CCC(CO)CC1. The van der Waals surface area contributed by atoms with Crippen LogP contribution >= 0.6 is 0 Å². The van der Waals surface area contributed by atoms with Gasteiger partial charge in [0.1, 0.15) is 0 Å². The van der Waals surface area contributed by atoms with E-state index < -0.39 is 0 Å². The zero-order valence-electron chi connectivity index (χ0n) is 10.9. The molecule has 2 fully saturated rings. The summed E-state index contributed by atoms with van der Waals surface area (Å²) >= 11 is 0. The molecule has 4 nitrogen and oxygen atoms in total. The highest BCUT2D eigenvalue weighted by Crippen LogP contribution is 2.36. The molecular formula is C15H19NO3. The summed E-state index contributed by atoms with van der Waals surface area (Å²) in [5, 5.41) is 9.15. The van der Waals surface area contributed by atoms with E-state index >= 15 is 0 Å². The molecule has 2 aliphatic carbocycles. The third-order valence-corrected chi connectivity index (χ3v) is 4.62. The van der Waals surface area contributed by atoms with Crippen LogP contribution < -0.4 is 0 Å². The van der Waals surface area contributed by atoms with E-state index in [1.807, 2.05) is 24.3 Å². The number of imide groups is 1. The maximum Gasteiger partial charge on any atom is 0.237 e. The molecule has 2 atom stereocenters. The molecule has 102 valence electrons. The minimum absolute atomic E-state index is 0.0372. The normalized spacial score (nSPS) is 37.8. The summed E-state index contributed by atoms with van der Waals surface area (Å²) in [5.74, 6) is -0.307. The molecule has 3 aliphatic rings. The molecule has 0 aromatic carbocycles. The van der Waals surface area contributed by atoms with Gasteiger partial charge in [0.25, 0.3) is 0 Å². The molecule has 1 heterocycles. The Morgan fingerprint density at radius 2 is 1.53 bits per heavy atom. The topological polar surface area (TPSA) is 57.6 Å². The number of likely N-dealkylation sites (tertiary alicyclic amines) is 1. The third kappa shape index (κ3) is 2.04. The Labute approximate surface area is 112 Å². The van der Waals surface area contributed by atoms with E-state index in [0.29, 0.717) is 5.92 Å². The fourth-order valence-corrected chi connectivity index (χ4v) is 3.45. The summed E-state index contributed by atoms with van der Waals surface area (Å²) in [4.78, 5) is 26.2. The minimum atomic E-state index is -0.284. The van der Waals surface area contributed by atoms with Crippen molar-refractivity contribution in [2.75, 3.05) is 6.61 Å². The summed E-state index contributed by atoms with van der Waals surface area (Å²) in [6.07, 6.45) is 10.8. The van der Waals surface area contributed by atoms with Gasteiger partial charge >= 0.3 is 0 Å². The van der Waals surface area contributed by atoms with Crippen LogP contribution in [0.1, 0.15) is 25.7 Å². The predicted molar refractivity (Wildman–Crippen MR) is 69.9 cm³/mol. The maximum atomic E-state index is 12.4. The Kier molecular flexibility index (Phi) is 3.27. The van der Waals surface area contributed by atoms with Crippen LogP contribution in [0.15, 0.2) is 24.3 Å². The lowest BCUT2D eigenvalue weighted by atomic mass is 9.86. The van der Waals surface area contributed by atoms with Crippen LogP contribution in [0, 0.1) is 17.8 Å². The number of aliphatic hydroxyl groups is 1. The highest BCUT2D eigenvalue weighted by atomic mass is 16.3. The summed E-state index contributed by atoms with van der Waals surface area (Å²) in [6.45, 7) is 0.214. The molecule has 0 aromatic heterocycles. The van der Waals surface area contributed by atoms with Crippen molar-refractivity contribution < 1.29 is 14.7 Å². The third-order valence-electron chi connectivity index (χ3n) is 4.62. The lowest BCUT2D eigenvalue weighted by Gasteiger charge is -2.33. The average Bonchev–Trinajstić information content (AvgIpc) is 2.72. The van der Waals surface area contributed by atoms with E-state index in [2.05, 4.69) is 0 Å². The van der Waals surface area contributed by atoms with Gasteiger partial charge in [0.15, 0.2) is 0 Å². The molecule has 0 unspecified atom stereocenters. The smallest absolute Gasteiger partial charge is 0.237 e. The van der Waals surface area contributed by atoms with Crippen molar-refractivity contribution in [2.24, 2.45) is 17.8 Å². The Morgan fingerprint density at radius 1 is 1.00 bits per heavy atom. The van der Waals surface area contributed by atoms with Crippen LogP contribution in [-0.4, -0.2) is 34.5 Å². The van der Waals surface area contributed by atoms with Crippen molar-refractivity contribution >= 4 is 11.8 Å². The standard InChI is InChI=1S/C15H19NO3/c17-9-10-5-7-11(8-6-10)16-14(18)12-3-1-2-4-13(12)15(16)19/h1-4,10-13,17H,5-9H2/t10?,11?,12-,13-/m1/s1. The molecule has 1 N–H and O–H groups in total. The largest absolute Gasteiger partial charge is 0.396 e. The van der Waals surface area contributed by atoms with Crippen LogP contribution in [0.5, 0.6) is 0 Å². The van der Waals surface area contributed by atoms with Crippen LogP contribution in [-0.2, 0) is 9.59 Å². The van der Waals surface area contributed by atoms with Crippen molar-refractivity contribution in [3.8, 4) is 0 Å². The Morgan fingerprint density at radius 3 is 2.00 bits per heavy atom. The number of rotatable bonds is 2. The first-order chi connectivity index (χ1) is 9.22. The summed E-state index contributed by atoms with van der Waals surface area (Å²) in [7, 11) is 0. The Bertz CT molecular complexity index is 416. The molecule has 4 heteroatoms. The van der Waals surface area contributed by atoms with E-state index in [-0.39, 0.29) is 36.3 Å². The number of carbonyl (C=O) groups excluding carboxylic acids is 2. The first-order valence-corrected chi connectivity index (χ1v) is 7.05. The molecule has 3 rings (SSSR count). The van der Waals surface area contributed by atoms with E-state index in [1.54, 1.807) is 0 Å². The fourth-order valence-electron chi connectivity index (χ4n) is 3.45. The van der Waals surface area contributed by atoms with Crippen molar-refractivity contribution in [3.05, 3.63) is 24.3 Å². The van der Waals surface area contributed by atoms with E-state index in [0.717, 1.165) is 25.7 Å².